The Morgan fingerprint density at radius 3 is 2.89 bits per heavy atom. The van der Waals surface area contributed by atoms with Crippen LogP contribution in [0.25, 0.3) is 0 Å². The molecule has 0 saturated heterocycles. The second-order valence-electron chi connectivity index (χ2n) is 3.50. The van der Waals surface area contributed by atoms with Gasteiger partial charge in [-0.1, -0.05) is 5.16 Å². The number of hydrogen-bond donors (Lipinski definition) is 5. The van der Waals surface area contributed by atoms with Gasteiger partial charge in [0.1, 0.15) is 5.69 Å². The summed E-state index contributed by atoms with van der Waals surface area (Å²) in [5.41, 5.74) is 11.7. The average molecular weight is 252 g/mol. The maximum atomic E-state index is 10.4. The van der Waals surface area contributed by atoms with Crippen LogP contribution in [0, 0.1) is 0 Å². The number of amidine groups is 1. The molecule has 98 valence electrons. The van der Waals surface area contributed by atoms with Gasteiger partial charge in [0.2, 0.25) is 0 Å². The molecule has 0 fully saturated rings. The number of aromatic nitrogens is 1. The van der Waals surface area contributed by atoms with Gasteiger partial charge < -0.3 is 27.3 Å². The minimum Gasteiger partial charge on any atom is -0.409 e. The van der Waals surface area contributed by atoms with Crippen molar-refractivity contribution in [3.63, 3.8) is 0 Å². The zero-order chi connectivity index (χ0) is 13.4. The summed E-state index contributed by atoms with van der Waals surface area (Å²) in [4.78, 5) is 14.4. The second-order valence-corrected chi connectivity index (χ2v) is 3.50. The molecule has 1 rings (SSSR count). The maximum absolute atomic E-state index is 10.4. The Balaban J connectivity index is 2.41. The Bertz CT molecular complexity index is 434. The number of oxime groups is 1. The van der Waals surface area contributed by atoms with Crippen molar-refractivity contribution in [1.82, 2.24) is 15.6 Å². The number of urea groups is 1. The number of nitrogens with zero attached hydrogens (tertiary/aromatic N) is 2. The van der Waals surface area contributed by atoms with Crippen molar-refractivity contribution in [2.45, 2.75) is 6.54 Å². The standard InChI is InChI=1S/C10H16N6O2/c11-9(16-18)8-5-7(1-2-14-8)6-13-3-4-15-10(12)17/h1-2,5,13,18H,3-4,6H2,(H2,11,16)(H3,12,15,17). The van der Waals surface area contributed by atoms with Crippen LogP contribution >= 0.6 is 0 Å². The molecule has 0 spiro atoms. The van der Waals surface area contributed by atoms with Gasteiger partial charge in [0.15, 0.2) is 5.84 Å². The van der Waals surface area contributed by atoms with E-state index >= 15 is 0 Å². The van der Waals surface area contributed by atoms with Gasteiger partial charge in [-0.2, -0.15) is 0 Å². The number of carbonyl (C=O) groups excluding carboxylic acids is 1. The zero-order valence-electron chi connectivity index (χ0n) is 9.76. The summed E-state index contributed by atoms with van der Waals surface area (Å²) in [6, 6.07) is 2.97. The van der Waals surface area contributed by atoms with Crippen LogP contribution in [0.3, 0.4) is 0 Å². The lowest BCUT2D eigenvalue weighted by Crippen LogP contribution is -2.35. The SMILES string of the molecule is NC(=O)NCCNCc1ccnc(/C(N)=N/O)c1. The minimum atomic E-state index is -0.546. The van der Waals surface area contributed by atoms with Crippen LogP contribution in [0.15, 0.2) is 23.5 Å². The summed E-state index contributed by atoms with van der Waals surface area (Å²) in [6.07, 6.45) is 1.58. The molecule has 7 N–H and O–H groups in total. The van der Waals surface area contributed by atoms with Crippen LogP contribution in [0.4, 0.5) is 4.79 Å². The van der Waals surface area contributed by atoms with Crippen LogP contribution in [0.5, 0.6) is 0 Å². The lowest BCUT2D eigenvalue weighted by Gasteiger charge is -2.06. The monoisotopic (exact) mass is 252 g/mol. The van der Waals surface area contributed by atoms with Crippen molar-refractivity contribution in [3.05, 3.63) is 29.6 Å². The predicted molar refractivity (Wildman–Crippen MR) is 66.0 cm³/mol. The average Bonchev–Trinajstić information content (AvgIpc) is 2.37. The fraction of sp³-hybridized carbons (Fsp3) is 0.300. The van der Waals surface area contributed by atoms with Crippen LogP contribution in [0.1, 0.15) is 11.3 Å². The normalized spacial score (nSPS) is 11.2. The Kier molecular flexibility index (Phi) is 5.39. The molecule has 0 aliphatic carbocycles. The van der Waals surface area contributed by atoms with E-state index in [4.69, 9.17) is 16.7 Å². The largest absolute Gasteiger partial charge is 0.409 e. The molecule has 8 nitrogen and oxygen atoms in total. The Morgan fingerprint density at radius 1 is 1.44 bits per heavy atom. The molecule has 0 radical (unpaired) electrons. The number of amides is 2. The highest BCUT2D eigenvalue weighted by atomic mass is 16.4. The van der Waals surface area contributed by atoms with E-state index in [1.54, 1.807) is 12.3 Å². The van der Waals surface area contributed by atoms with E-state index in [1.165, 1.54) is 0 Å². The van der Waals surface area contributed by atoms with E-state index in [0.717, 1.165) is 5.56 Å². The first-order chi connectivity index (χ1) is 8.63. The van der Waals surface area contributed by atoms with Gasteiger partial charge >= 0.3 is 6.03 Å². The molecular formula is C10H16N6O2. The second kappa shape index (κ2) is 7.07. The van der Waals surface area contributed by atoms with Gasteiger partial charge in [-0.25, -0.2) is 4.79 Å². The van der Waals surface area contributed by atoms with E-state index < -0.39 is 6.03 Å². The van der Waals surface area contributed by atoms with E-state index in [2.05, 4.69) is 20.8 Å². The Labute approximate surface area is 104 Å². The van der Waals surface area contributed by atoms with Crippen molar-refractivity contribution in [2.24, 2.45) is 16.6 Å². The number of nitrogens with one attached hydrogen (secondary N) is 2. The van der Waals surface area contributed by atoms with Crippen molar-refractivity contribution >= 4 is 11.9 Å². The van der Waals surface area contributed by atoms with E-state index in [0.29, 0.717) is 25.3 Å². The molecule has 0 aromatic carbocycles. The number of pyridine rings is 1. The quantitative estimate of drug-likeness (QED) is 0.144. The summed E-state index contributed by atoms with van der Waals surface area (Å²) in [5, 5.41) is 17.0. The topological polar surface area (TPSA) is 139 Å². The van der Waals surface area contributed by atoms with Crippen LogP contribution in [0.2, 0.25) is 0 Å². The molecule has 0 saturated carbocycles. The first kappa shape index (κ1) is 13.7. The van der Waals surface area contributed by atoms with Gasteiger partial charge in [0, 0.05) is 25.8 Å². The number of carbonyl (C=O) groups is 1. The molecule has 8 heteroatoms. The third-order valence-corrected chi connectivity index (χ3v) is 2.12. The van der Waals surface area contributed by atoms with Crippen molar-refractivity contribution in [2.75, 3.05) is 13.1 Å². The van der Waals surface area contributed by atoms with Crippen molar-refractivity contribution in [1.29, 1.82) is 0 Å². The lowest BCUT2D eigenvalue weighted by molar-refractivity contribution is 0.249. The molecule has 0 aliphatic rings. The fourth-order valence-corrected chi connectivity index (χ4v) is 1.28. The predicted octanol–water partition coefficient (Wildman–Crippen LogP) is -1.07. The number of hydrogen-bond acceptors (Lipinski definition) is 5. The van der Waals surface area contributed by atoms with Gasteiger partial charge in [-0.05, 0) is 17.7 Å². The van der Waals surface area contributed by atoms with Gasteiger partial charge in [0.25, 0.3) is 0 Å². The van der Waals surface area contributed by atoms with Gasteiger partial charge in [-0.3, -0.25) is 4.98 Å². The van der Waals surface area contributed by atoms with Crippen LogP contribution in [-0.2, 0) is 6.54 Å². The van der Waals surface area contributed by atoms with Crippen molar-refractivity contribution < 1.29 is 10.0 Å². The first-order valence-corrected chi connectivity index (χ1v) is 5.30. The summed E-state index contributed by atoms with van der Waals surface area (Å²) in [5.74, 6) is -0.0350. The highest BCUT2D eigenvalue weighted by Gasteiger charge is 2.01. The molecule has 0 atom stereocenters. The Morgan fingerprint density at radius 2 is 2.22 bits per heavy atom. The maximum Gasteiger partial charge on any atom is 0.312 e. The minimum absolute atomic E-state index is 0.0350. The molecule has 1 aromatic rings. The third-order valence-electron chi connectivity index (χ3n) is 2.12. The summed E-state index contributed by atoms with van der Waals surface area (Å²) in [6.45, 7) is 1.62. The van der Waals surface area contributed by atoms with Gasteiger partial charge in [0.05, 0.1) is 0 Å². The fourth-order valence-electron chi connectivity index (χ4n) is 1.28. The molecule has 1 aromatic heterocycles. The van der Waals surface area contributed by atoms with E-state index in [-0.39, 0.29) is 5.84 Å². The first-order valence-electron chi connectivity index (χ1n) is 5.30. The van der Waals surface area contributed by atoms with Crippen LogP contribution in [-0.4, -0.2) is 35.1 Å². The molecule has 1 heterocycles. The van der Waals surface area contributed by atoms with E-state index in [9.17, 15) is 4.79 Å². The number of primary amides is 1. The van der Waals surface area contributed by atoms with Gasteiger partial charge in [-0.15, -0.1) is 0 Å². The smallest absolute Gasteiger partial charge is 0.312 e. The van der Waals surface area contributed by atoms with Crippen molar-refractivity contribution in [3.8, 4) is 0 Å². The highest BCUT2D eigenvalue weighted by molar-refractivity contribution is 5.95. The molecule has 0 unspecified atom stereocenters. The molecule has 0 aliphatic heterocycles. The molecule has 18 heavy (non-hydrogen) atoms. The molecule has 2 amide bonds. The summed E-state index contributed by atoms with van der Waals surface area (Å²) >= 11 is 0. The third kappa shape index (κ3) is 4.66. The molecular weight excluding hydrogens is 236 g/mol. The summed E-state index contributed by atoms with van der Waals surface area (Å²) < 4.78 is 0. The molecule has 0 bridgehead atoms. The van der Waals surface area contributed by atoms with E-state index in [1.807, 2.05) is 6.07 Å². The zero-order valence-corrected chi connectivity index (χ0v) is 9.76. The number of nitrogens with two attached hydrogens (primary N) is 2. The Hall–Kier alpha value is -2.35. The van der Waals surface area contributed by atoms with Crippen LogP contribution < -0.4 is 22.1 Å². The summed E-state index contributed by atoms with van der Waals surface area (Å²) in [7, 11) is 0. The number of rotatable bonds is 6. The highest BCUT2D eigenvalue weighted by Crippen LogP contribution is 2.01. The lowest BCUT2D eigenvalue weighted by atomic mass is 10.2.